The Morgan fingerprint density at radius 1 is 1.04 bits per heavy atom. The molecule has 1 heterocycles. The standard InChI is InChI=1S/C22H32BF3O2/c1-16(2)12-14-18(22(24,25)26)19(15-13-17-10-8-7-9-11-17)23-27-20(3,4)21(5,6)28-23/h7-12,18-19H,13-15H2,1-6H3. The molecule has 2 nitrogen and oxygen atoms in total. The summed E-state index contributed by atoms with van der Waals surface area (Å²) >= 11 is 0. The minimum absolute atomic E-state index is 0.0602. The van der Waals surface area contributed by atoms with Crippen LogP contribution in [-0.2, 0) is 15.7 Å². The van der Waals surface area contributed by atoms with Gasteiger partial charge in [-0.25, -0.2) is 0 Å². The van der Waals surface area contributed by atoms with Crippen molar-refractivity contribution < 1.29 is 22.5 Å². The maximum absolute atomic E-state index is 14.0. The van der Waals surface area contributed by atoms with E-state index >= 15 is 0 Å². The second-order valence-electron chi connectivity index (χ2n) is 8.98. The van der Waals surface area contributed by atoms with E-state index in [4.69, 9.17) is 9.31 Å². The number of alkyl halides is 3. The normalized spacial score (nSPS) is 20.7. The molecular formula is C22H32BF3O2. The zero-order valence-corrected chi connectivity index (χ0v) is 17.8. The lowest BCUT2D eigenvalue weighted by Crippen LogP contribution is -2.41. The maximum Gasteiger partial charge on any atom is 0.461 e. The van der Waals surface area contributed by atoms with Crippen LogP contribution in [0, 0.1) is 5.92 Å². The number of allylic oxidation sites excluding steroid dienone is 2. The van der Waals surface area contributed by atoms with E-state index in [0.29, 0.717) is 12.8 Å². The van der Waals surface area contributed by atoms with Gasteiger partial charge in [0.25, 0.3) is 0 Å². The lowest BCUT2D eigenvalue weighted by atomic mass is 9.61. The molecule has 1 fully saturated rings. The first kappa shape index (κ1) is 23.0. The molecule has 1 saturated heterocycles. The minimum atomic E-state index is -4.32. The summed E-state index contributed by atoms with van der Waals surface area (Å²) in [6.45, 7) is 11.1. The summed E-state index contributed by atoms with van der Waals surface area (Å²) < 4.78 is 54.2. The van der Waals surface area contributed by atoms with Crippen molar-refractivity contribution in [3.63, 3.8) is 0 Å². The van der Waals surface area contributed by atoms with E-state index in [1.165, 1.54) is 0 Å². The summed E-state index contributed by atoms with van der Waals surface area (Å²) in [6, 6.07) is 9.61. The molecule has 0 bridgehead atoms. The first-order chi connectivity index (χ1) is 12.8. The summed E-state index contributed by atoms with van der Waals surface area (Å²) in [4.78, 5) is 0. The molecule has 0 aromatic heterocycles. The molecule has 0 aliphatic carbocycles. The molecule has 0 amide bonds. The minimum Gasteiger partial charge on any atom is -0.403 e. The van der Waals surface area contributed by atoms with E-state index < -0.39 is 36.2 Å². The fourth-order valence-electron chi connectivity index (χ4n) is 3.48. The second-order valence-corrected chi connectivity index (χ2v) is 8.98. The number of halogens is 3. The molecule has 1 aromatic carbocycles. The largest absolute Gasteiger partial charge is 0.461 e. The Kier molecular flexibility index (Phi) is 7.09. The van der Waals surface area contributed by atoms with Crippen LogP contribution < -0.4 is 0 Å². The van der Waals surface area contributed by atoms with Crippen LogP contribution in [0.4, 0.5) is 13.2 Å². The van der Waals surface area contributed by atoms with Crippen LogP contribution in [0.1, 0.15) is 59.9 Å². The molecule has 28 heavy (non-hydrogen) atoms. The number of hydrogen-bond donors (Lipinski definition) is 0. The number of rotatable bonds is 7. The van der Waals surface area contributed by atoms with Gasteiger partial charge in [0.1, 0.15) is 0 Å². The van der Waals surface area contributed by atoms with Crippen LogP contribution in [0.25, 0.3) is 0 Å². The van der Waals surface area contributed by atoms with Gasteiger partial charge in [-0.05, 0) is 66.4 Å². The SMILES string of the molecule is CC(C)=CCC(C(CCc1ccccc1)B1OC(C)(C)C(C)(C)O1)C(F)(F)F. The topological polar surface area (TPSA) is 18.5 Å². The lowest BCUT2D eigenvalue weighted by Gasteiger charge is -2.32. The highest BCUT2D eigenvalue weighted by molar-refractivity contribution is 6.47. The van der Waals surface area contributed by atoms with Crippen LogP contribution in [0.5, 0.6) is 0 Å². The van der Waals surface area contributed by atoms with Gasteiger partial charge in [0.15, 0.2) is 0 Å². The third kappa shape index (κ3) is 5.63. The summed E-state index contributed by atoms with van der Waals surface area (Å²) in [6.07, 6.45) is -1.82. The van der Waals surface area contributed by atoms with Crippen LogP contribution in [0.3, 0.4) is 0 Å². The van der Waals surface area contributed by atoms with Crippen molar-refractivity contribution in [1.29, 1.82) is 0 Å². The molecule has 1 aliphatic heterocycles. The first-order valence-corrected chi connectivity index (χ1v) is 9.93. The van der Waals surface area contributed by atoms with Crippen molar-refractivity contribution in [2.75, 3.05) is 0 Å². The Labute approximate surface area is 167 Å². The highest BCUT2D eigenvalue weighted by atomic mass is 19.4. The molecule has 1 aliphatic rings. The molecular weight excluding hydrogens is 364 g/mol. The molecule has 0 saturated carbocycles. The average Bonchev–Trinajstić information content (AvgIpc) is 2.77. The first-order valence-electron chi connectivity index (χ1n) is 9.93. The summed E-state index contributed by atoms with van der Waals surface area (Å²) in [5.74, 6) is -2.29. The Hall–Kier alpha value is -1.27. The van der Waals surface area contributed by atoms with Crippen molar-refractivity contribution in [1.82, 2.24) is 0 Å². The van der Waals surface area contributed by atoms with Crippen molar-refractivity contribution in [3.8, 4) is 0 Å². The van der Waals surface area contributed by atoms with Gasteiger partial charge in [0, 0.05) is 5.82 Å². The smallest absolute Gasteiger partial charge is 0.403 e. The molecule has 156 valence electrons. The average molecular weight is 396 g/mol. The number of aryl methyl sites for hydroxylation is 1. The fraction of sp³-hybridized carbons (Fsp3) is 0.636. The highest BCUT2D eigenvalue weighted by Gasteiger charge is 2.58. The number of benzene rings is 1. The Morgan fingerprint density at radius 2 is 1.57 bits per heavy atom. The second kappa shape index (κ2) is 8.62. The van der Waals surface area contributed by atoms with Gasteiger partial charge in [-0.2, -0.15) is 13.2 Å². The Bertz CT molecular complexity index is 648. The van der Waals surface area contributed by atoms with Crippen molar-refractivity contribution >= 4 is 7.12 Å². The quantitative estimate of drug-likeness (QED) is 0.381. The molecule has 0 spiro atoms. The van der Waals surface area contributed by atoms with Crippen LogP contribution >= 0.6 is 0 Å². The van der Waals surface area contributed by atoms with E-state index in [-0.39, 0.29) is 6.42 Å². The number of hydrogen-bond acceptors (Lipinski definition) is 2. The van der Waals surface area contributed by atoms with E-state index in [0.717, 1.165) is 11.1 Å². The van der Waals surface area contributed by atoms with Crippen molar-refractivity contribution in [3.05, 3.63) is 47.5 Å². The van der Waals surface area contributed by atoms with Gasteiger partial charge >= 0.3 is 13.3 Å². The lowest BCUT2D eigenvalue weighted by molar-refractivity contribution is -0.177. The predicted molar refractivity (Wildman–Crippen MR) is 108 cm³/mol. The van der Waals surface area contributed by atoms with Gasteiger partial charge in [0.05, 0.1) is 17.1 Å². The van der Waals surface area contributed by atoms with Crippen molar-refractivity contribution in [2.24, 2.45) is 5.92 Å². The van der Waals surface area contributed by atoms with Crippen LogP contribution in [0.2, 0.25) is 5.82 Å². The van der Waals surface area contributed by atoms with Gasteiger partial charge in [-0.1, -0.05) is 42.0 Å². The van der Waals surface area contributed by atoms with Crippen molar-refractivity contribution in [2.45, 2.75) is 84.0 Å². The van der Waals surface area contributed by atoms with Gasteiger partial charge < -0.3 is 9.31 Å². The molecule has 6 heteroatoms. The van der Waals surface area contributed by atoms with Crippen LogP contribution in [-0.4, -0.2) is 24.5 Å². The zero-order chi connectivity index (χ0) is 21.2. The summed E-state index contributed by atoms with van der Waals surface area (Å²) in [5, 5.41) is 0. The Morgan fingerprint density at radius 3 is 2.04 bits per heavy atom. The molecule has 2 unspecified atom stereocenters. The molecule has 2 rings (SSSR count). The highest BCUT2D eigenvalue weighted by Crippen LogP contribution is 2.48. The Balaban J connectivity index is 2.32. The van der Waals surface area contributed by atoms with Gasteiger partial charge in [0.2, 0.25) is 0 Å². The third-order valence-electron chi connectivity index (χ3n) is 5.95. The van der Waals surface area contributed by atoms with E-state index in [1.807, 2.05) is 71.9 Å². The maximum atomic E-state index is 14.0. The third-order valence-corrected chi connectivity index (χ3v) is 5.95. The summed E-state index contributed by atoms with van der Waals surface area (Å²) in [7, 11) is -0.883. The van der Waals surface area contributed by atoms with Gasteiger partial charge in [-0.15, -0.1) is 0 Å². The van der Waals surface area contributed by atoms with E-state index in [2.05, 4.69) is 0 Å². The fourth-order valence-corrected chi connectivity index (χ4v) is 3.48. The molecule has 2 atom stereocenters. The zero-order valence-electron chi connectivity index (χ0n) is 17.8. The predicted octanol–water partition coefficient (Wildman–Crippen LogP) is 6.62. The molecule has 0 radical (unpaired) electrons. The summed E-state index contributed by atoms with van der Waals surface area (Å²) in [5.41, 5.74) is 0.585. The van der Waals surface area contributed by atoms with E-state index in [9.17, 15) is 13.2 Å². The molecule has 0 N–H and O–H groups in total. The van der Waals surface area contributed by atoms with E-state index in [1.54, 1.807) is 6.08 Å². The molecule has 1 aromatic rings. The van der Waals surface area contributed by atoms with Gasteiger partial charge in [-0.3, -0.25) is 0 Å². The monoisotopic (exact) mass is 396 g/mol. The van der Waals surface area contributed by atoms with Crippen LogP contribution in [0.15, 0.2) is 42.0 Å².